The minimum Gasteiger partial charge on any atom is -0.354 e. The van der Waals surface area contributed by atoms with Gasteiger partial charge in [-0.05, 0) is 55.3 Å². The fourth-order valence-electron chi connectivity index (χ4n) is 3.38. The van der Waals surface area contributed by atoms with Crippen LogP contribution in [0, 0.1) is 17.6 Å². The number of hydrogen-bond donors (Lipinski definition) is 2. The maximum Gasteiger partial charge on any atom is 0.251 e. The van der Waals surface area contributed by atoms with E-state index in [2.05, 4.69) is 10.6 Å². The average Bonchev–Trinajstić information content (AvgIpc) is 2.78. The maximum atomic E-state index is 13.9. The molecule has 3 rings (SSSR count). The first-order valence-electron chi connectivity index (χ1n) is 9.95. The third-order valence-electron chi connectivity index (χ3n) is 5.15. The van der Waals surface area contributed by atoms with E-state index in [1.165, 1.54) is 0 Å². The van der Waals surface area contributed by atoms with Crippen molar-refractivity contribution < 1.29 is 26.8 Å². The van der Waals surface area contributed by atoms with Gasteiger partial charge in [-0.25, -0.2) is 17.2 Å². The van der Waals surface area contributed by atoms with Gasteiger partial charge in [0, 0.05) is 42.7 Å². The van der Waals surface area contributed by atoms with Gasteiger partial charge < -0.3 is 10.6 Å². The molecule has 0 bridgehead atoms. The number of carbonyl (C=O) groups is 2. The Kier molecular flexibility index (Phi) is 7.81. The van der Waals surface area contributed by atoms with Crippen LogP contribution >= 0.6 is 11.6 Å². The fraction of sp³-hybridized carbons (Fsp3) is 0.333. The summed E-state index contributed by atoms with van der Waals surface area (Å²) < 4.78 is 53.6. The van der Waals surface area contributed by atoms with Crippen molar-refractivity contribution in [3.63, 3.8) is 0 Å². The van der Waals surface area contributed by atoms with E-state index in [0.717, 1.165) is 16.4 Å². The Balaban J connectivity index is 1.44. The van der Waals surface area contributed by atoms with Gasteiger partial charge in [-0.15, -0.1) is 0 Å². The van der Waals surface area contributed by atoms with Gasteiger partial charge in [-0.1, -0.05) is 11.6 Å². The van der Waals surface area contributed by atoms with E-state index < -0.39 is 32.5 Å². The molecule has 0 unspecified atom stereocenters. The van der Waals surface area contributed by atoms with Gasteiger partial charge in [0.25, 0.3) is 5.91 Å². The van der Waals surface area contributed by atoms with Crippen LogP contribution in [0.15, 0.2) is 47.4 Å². The van der Waals surface area contributed by atoms with Gasteiger partial charge >= 0.3 is 0 Å². The number of nitrogens with one attached hydrogen (secondary N) is 2. The lowest BCUT2D eigenvalue weighted by Gasteiger charge is -2.30. The van der Waals surface area contributed by atoms with Crippen molar-refractivity contribution in [3.8, 4) is 0 Å². The number of benzene rings is 2. The van der Waals surface area contributed by atoms with Crippen LogP contribution in [0.1, 0.15) is 23.2 Å². The van der Waals surface area contributed by atoms with E-state index in [0.29, 0.717) is 16.7 Å². The normalized spacial score (nSPS) is 15.3. The highest BCUT2D eigenvalue weighted by Crippen LogP contribution is 2.26. The molecular weight excluding hydrogens is 464 g/mol. The van der Waals surface area contributed by atoms with E-state index in [1.54, 1.807) is 24.3 Å². The summed E-state index contributed by atoms with van der Waals surface area (Å²) in [5.74, 6) is -2.82. The second kappa shape index (κ2) is 10.4. The third-order valence-corrected chi connectivity index (χ3v) is 7.32. The van der Waals surface area contributed by atoms with E-state index >= 15 is 0 Å². The summed E-state index contributed by atoms with van der Waals surface area (Å²) in [7, 11) is -4.19. The van der Waals surface area contributed by atoms with Crippen LogP contribution < -0.4 is 10.6 Å². The molecule has 0 saturated carbocycles. The van der Waals surface area contributed by atoms with Crippen molar-refractivity contribution in [1.82, 2.24) is 14.9 Å². The Morgan fingerprint density at radius 3 is 2.28 bits per heavy atom. The first kappa shape index (κ1) is 24.1. The molecule has 1 heterocycles. The van der Waals surface area contributed by atoms with Crippen LogP contribution in [0.25, 0.3) is 0 Å². The number of halogens is 3. The summed E-state index contributed by atoms with van der Waals surface area (Å²) in [6, 6.07) is 8.67. The summed E-state index contributed by atoms with van der Waals surface area (Å²) in [5, 5.41) is 5.92. The SMILES string of the molecule is O=C(NCCNC(=O)C1CCN(S(=O)(=O)c2cc(F)ccc2F)CC1)c1ccc(Cl)cc1. The topological polar surface area (TPSA) is 95.6 Å². The molecule has 0 radical (unpaired) electrons. The molecule has 2 aromatic carbocycles. The molecule has 2 aromatic rings. The van der Waals surface area contributed by atoms with E-state index in [1.807, 2.05) is 0 Å². The molecule has 172 valence electrons. The number of hydrogen-bond acceptors (Lipinski definition) is 4. The quantitative estimate of drug-likeness (QED) is 0.589. The average molecular weight is 486 g/mol. The lowest BCUT2D eigenvalue weighted by Crippen LogP contribution is -2.44. The van der Waals surface area contributed by atoms with Crippen molar-refractivity contribution in [2.75, 3.05) is 26.2 Å². The van der Waals surface area contributed by atoms with Gasteiger partial charge in [-0.3, -0.25) is 9.59 Å². The molecule has 0 spiro atoms. The van der Waals surface area contributed by atoms with Crippen molar-refractivity contribution >= 4 is 33.4 Å². The van der Waals surface area contributed by atoms with Crippen LogP contribution in [-0.2, 0) is 14.8 Å². The highest BCUT2D eigenvalue weighted by atomic mass is 35.5. The molecule has 0 aliphatic carbocycles. The molecule has 1 aliphatic rings. The lowest BCUT2D eigenvalue weighted by atomic mass is 9.97. The highest BCUT2D eigenvalue weighted by Gasteiger charge is 2.33. The molecule has 0 aromatic heterocycles. The Labute approximate surface area is 189 Å². The summed E-state index contributed by atoms with van der Waals surface area (Å²) >= 11 is 5.78. The van der Waals surface area contributed by atoms with Gasteiger partial charge in [0.1, 0.15) is 16.5 Å². The minimum atomic E-state index is -4.19. The smallest absolute Gasteiger partial charge is 0.251 e. The van der Waals surface area contributed by atoms with Gasteiger partial charge in [0.05, 0.1) is 0 Å². The number of sulfonamides is 1. The summed E-state index contributed by atoms with van der Waals surface area (Å²) in [6.45, 7) is 0.470. The monoisotopic (exact) mass is 485 g/mol. The zero-order valence-electron chi connectivity index (χ0n) is 17.0. The van der Waals surface area contributed by atoms with Crippen LogP contribution in [0.2, 0.25) is 5.02 Å². The van der Waals surface area contributed by atoms with E-state index in [-0.39, 0.29) is 50.8 Å². The van der Waals surface area contributed by atoms with Crippen molar-refractivity contribution in [3.05, 3.63) is 64.7 Å². The van der Waals surface area contributed by atoms with Crippen molar-refractivity contribution in [2.24, 2.45) is 5.92 Å². The molecule has 11 heteroatoms. The number of nitrogens with zero attached hydrogens (tertiary/aromatic N) is 1. The Hall–Kier alpha value is -2.56. The predicted octanol–water partition coefficient (Wildman–Crippen LogP) is 2.57. The number of amides is 2. The molecular formula is C21H22ClF2N3O4S. The van der Waals surface area contributed by atoms with Gasteiger partial charge in [-0.2, -0.15) is 4.31 Å². The standard InChI is InChI=1S/C21H22ClF2N3O4S/c22-16-3-1-14(2-4-16)20(28)25-9-10-26-21(29)15-7-11-27(12-8-15)32(30,31)19-13-17(23)5-6-18(19)24/h1-6,13,15H,7-12H2,(H,25,28)(H,26,29). The Morgan fingerprint density at radius 2 is 1.62 bits per heavy atom. The first-order valence-corrected chi connectivity index (χ1v) is 11.8. The zero-order chi connectivity index (χ0) is 23.3. The molecule has 1 aliphatic heterocycles. The molecule has 32 heavy (non-hydrogen) atoms. The molecule has 2 amide bonds. The second-order valence-electron chi connectivity index (χ2n) is 7.31. The van der Waals surface area contributed by atoms with Gasteiger partial charge in [0.15, 0.2) is 0 Å². The van der Waals surface area contributed by atoms with Crippen LogP contribution in [0.3, 0.4) is 0 Å². The number of piperidine rings is 1. The summed E-state index contributed by atoms with van der Waals surface area (Å²) in [5.41, 5.74) is 0.448. The Morgan fingerprint density at radius 1 is 1.00 bits per heavy atom. The third kappa shape index (κ3) is 5.81. The molecule has 0 atom stereocenters. The number of rotatable bonds is 7. The predicted molar refractivity (Wildman–Crippen MR) is 115 cm³/mol. The fourth-order valence-corrected chi connectivity index (χ4v) is 5.05. The minimum absolute atomic E-state index is 0.0175. The second-order valence-corrected chi connectivity index (χ2v) is 9.65. The Bertz CT molecular complexity index is 1090. The molecule has 1 saturated heterocycles. The highest BCUT2D eigenvalue weighted by molar-refractivity contribution is 7.89. The largest absolute Gasteiger partial charge is 0.354 e. The van der Waals surface area contributed by atoms with Gasteiger partial charge in [0.2, 0.25) is 15.9 Å². The molecule has 7 nitrogen and oxygen atoms in total. The summed E-state index contributed by atoms with van der Waals surface area (Å²) in [4.78, 5) is 23.7. The maximum absolute atomic E-state index is 13.9. The lowest BCUT2D eigenvalue weighted by molar-refractivity contribution is -0.126. The molecule has 2 N–H and O–H groups in total. The van der Waals surface area contributed by atoms with Crippen molar-refractivity contribution in [1.29, 1.82) is 0 Å². The van der Waals surface area contributed by atoms with Crippen LogP contribution in [0.5, 0.6) is 0 Å². The van der Waals surface area contributed by atoms with E-state index in [9.17, 15) is 26.8 Å². The first-order chi connectivity index (χ1) is 15.2. The number of carbonyl (C=O) groups excluding carboxylic acids is 2. The summed E-state index contributed by atoms with van der Waals surface area (Å²) in [6.07, 6.45) is 0.498. The molecule has 1 fully saturated rings. The zero-order valence-corrected chi connectivity index (χ0v) is 18.6. The van der Waals surface area contributed by atoms with Crippen LogP contribution in [0.4, 0.5) is 8.78 Å². The van der Waals surface area contributed by atoms with Crippen LogP contribution in [-0.4, -0.2) is 50.7 Å². The van der Waals surface area contributed by atoms with E-state index in [4.69, 9.17) is 11.6 Å². The van der Waals surface area contributed by atoms with Crippen molar-refractivity contribution in [2.45, 2.75) is 17.7 Å².